The van der Waals surface area contributed by atoms with Crippen molar-refractivity contribution in [3.63, 3.8) is 0 Å². The van der Waals surface area contributed by atoms with Crippen LogP contribution in [0.15, 0.2) is 0 Å². The number of piperidine rings is 1. The molecule has 2 N–H and O–H groups in total. The van der Waals surface area contributed by atoms with Crippen molar-refractivity contribution in [1.82, 2.24) is 9.03 Å². The van der Waals surface area contributed by atoms with Gasteiger partial charge in [-0.05, 0) is 18.3 Å². The molecule has 0 amide bonds. The van der Waals surface area contributed by atoms with Crippen LogP contribution in [-0.2, 0) is 10.2 Å². The molecule has 1 atom stereocenters. The zero-order chi connectivity index (χ0) is 13.1. The predicted octanol–water partition coefficient (Wildman–Crippen LogP) is 0.714. The third kappa shape index (κ3) is 4.54. The minimum Gasteiger partial charge on any atom is -0.395 e. The van der Waals surface area contributed by atoms with Crippen LogP contribution in [0.25, 0.3) is 0 Å². The third-order valence-electron chi connectivity index (χ3n) is 2.88. The molecule has 0 aliphatic carbocycles. The Morgan fingerprint density at radius 2 is 2.00 bits per heavy atom. The number of aliphatic hydroxyl groups is 1. The maximum absolute atomic E-state index is 12.1. The van der Waals surface area contributed by atoms with Crippen LogP contribution in [0.3, 0.4) is 0 Å². The normalized spacial score (nSPS) is 23.9. The minimum atomic E-state index is -3.45. The quantitative estimate of drug-likeness (QED) is 0.786. The van der Waals surface area contributed by atoms with Gasteiger partial charge in [-0.3, -0.25) is 0 Å². The van der Waals surface area contributed by atoms with E-state index in [4.69, 9.17) is 0 Å². The molecule has 1 saturated heterocycles. The van der Waals surface area contributed by atoms with Crippen LogP contribution in [-0.4, -0.2) is 43.6 Å². The zero-order valence-electron chi connectivity index (χ0n) is 10.9. The van der Waals surface area contributed by atoms with Crippen molar-refractivity contribution in [2.24, 2.45) is 5.41 Å². The van der Waals surface area contributed by atoms with Crippen molar-refractivity contribution in [3.8, 4) is 0 Å². The molecule has 1 unspecified atom stereocenters. The van der Waals surface area contributed by atoms with E-state index in [0.29, 0.717) is 13.1 Å². The lowest BCUT2D eigenvalue weighted by Gasteiger charge is -2.34. The SMILES string of the molecule is CC(C)(C)CNS(=O)(=O)N1CCCCC1CO. The van der Waals surface area contributed by atoms with Crippen LogP contribution in [0.4, 0.5) is 0 Å². The molecule has 17 heavy (non-hydrogen) atoms. The second-order valence-corrected chi connectivity index (χ2v) is 7.54. The number of nitrogens with zero attached hydrogens (tertiary/aromatic N) is 1. The number of hydrogen-bond acceptors (Lipinski definition) is 3. The van der Waals surface area contributed by atoms with Crippen molar-refractivity contribution in [2.75, 3.05) is 19.7 Å². The second kappa shape index (κ2) is 5.65. The van der Waals surface area contributed by atoms with Gasteiger partial charge in [0, 0.05) is 19.1 Å². The summed E-state index contributed by atoms with van der Waals surface area (Å²) in [6.07, 6.45) is 2.59. The molecule has 1 heterocycles. The Labute approximate surface area is 104 Å². The molecule has 1 fully saturated rings. The fourth-order valence-electron chi connectivity index (χ4n) is 1.86. The average molecular weight is 264 g/mol. The standard InChI is InChI=1S/C11H24N2O3S/c1-11(2,3)9-12-17(15,16)13-7-5-4-6-10(13)8-14/h10,12,14H,4-9H2,1-3H3. The molecule has 1 aliphatic rings. The van der Waals surface area contributed by atoms with E-state index in [1.54, 1.807) is 0 Å². The van der Waals surface area contributed by atoms with Gasteiger partial charge in [-0.15, -0.1) is 0 Å². The highest BCUT2D eigenvalue weighted by Gasteiger charge is 2.32. The van der Waals surface area contributed by atoms with Gasteiger partial charge in [-0.2, -0.15) is 12.7 Å². The van der Waals surface area contributed by atoms with E-state index in [2.05, 4.69) is 4.72 Å². The summed E-state index contributed by atoms with van der Waals surface area (Å²) in [5.41, 5.74) is -0.0857. The van der Waals surface area contributed by atoms with Crippen molar-refractivity contribution in [2.45, 2.75) is 46.1 Å². The Kier molecular flexibility index (Phi) is 4.95. The summed E-state index contributed by atoms with van der Waals surface area (Å²) in [6.45, 7) is 6.75. The molecule has 0 saturated carbocycles. The van der Waals surface area contributed by atoms with E-state index < -0.39 is 10.2 Å². The Balaban J connectivity index is 2.68. The highest BCUT2D eigenvalue weighted by Crippen LogP contribution is 2.20. The fourth-order valence-corrected chi connectivity index (χ4v) is 3.58. The van der Waals surface area contributed by atoms with E-state index in [1.807, 2.05) is 20.8 Å². The van der Waals surface area contributed by atoms with Gasteiger partial charge in [0.25, 0.3) is 10.2 Å². The fraction of sp³-hybridized carbons (Fsp3) is 1.00. The summed E-state index contributed by atoms with van der Waals surface area (Å²) in [7, 11) is -3.45. The van der Waals surface area contributed by atoms with Gasteiger partial charge >= 0.3 is 0 Å². The van der Waals surface area contributed by atoms with Crippen molar-refractivity contribution in [3.05, 3.63) is 0 Å². The molecule has 0 radical (unpaired) electrons. The average Bonchev–Trinajstić information content (AvgIpc) is 2.26. The topological polar surface area (TPSA) is 69.6 Å². The first-order chi connectivity index (χ1) is 7.76. The van der Waals surface area contributed by atoms with Gasteiger partial charge in [0.15, 0.2) is 0 Å². The van der Waals surface area contributed by atoms with Gasteiger partial charge in [-0.25, -0.2) is 4.72 Å². The summed E-state index contributed by atoms with van der Waals surface area (Å²) in [5.74, 6) is 0. The molecule has 102 valence electrons. The van der Waals surface area contributed by atoms with Gasteiger partial charge in [0.05, 0.1) is 6.61 Å². The molecular weight excluding hydrogens is 240 g/mol. The van der Waals surface area contributed by atoms with E-state index >= 15 is 0 Å². The Morgan fingerprint density at radius 3 is 2.53 bits per heavy atom. The van der Waals surface area contributed by atoms with Crippen molar-refractivity contribution in [1.29, 1.82) is 0 Å². The van der Waals surface area contributed by atoms with Gasteiger partial charge in [0.2, 0.25) is 0 Å². The summed E-state index contributed by atoms with van der Waals surface area (Å²) >= 11 is 0. The number of nitrogens with one attached hydrogen (secondary N) is 1. The highest BCUT2D eigenvalue weighted by molar-refractivity contribution is 7.87. The maximum Gasteiger partial charge on any atom is 0.279 e. The van der Waals surface area contributed by atoms with E-state index in [-0.39, 0.29) is 18.1 Å². The van der Waals surface area contributed by atoms with Gasteiger partial charge < -0.3 is 5.11 Å². The van der Waals surface area contributed by atoms with Crippen LogP contribution in [0.5, 0.6) is 0 Å². The van der Waals surface area contributed by atoms with Crippen LogP contribution in [0.2, 0.25) is 0 Å². The van der Waals surface area contributed by atoms with Gasteiger partial charge in [0.1, 0.15) is 0 Å². The third-order valence-corrected chi connectivity index (χ3v) is 4.48. The highest BCUT2D eigenvalue weighted by atomic mass is 32.2. The molecule has 6 heteroatoms. The van der Waals surface area contributed by atoms with Gasteiger partial charge in [-0.1, -0.05) is 27.2 Å². The summed E-state index contributed by atoms with van der Waals surface area (Å²) in [4.78, 5) is 0. The number of rotatable bonds is 4. The molecule has 1 aliphatic heterocycles. The first kappa shape index (κ1) is 14.9. The smallest absolute Gasteiger partial charge is 0.279 e. The molecule has 0 bridgehead atoms. The Bertz CT molecular complexity index is 335. The minimum absolute atomic E-state index is 0.0857. The Morgan fingerprint density at radius 1 is 1.35 bits per heavy atom. The molecule has 0 aromatic carbocycles. The van der Waals surface area contributed by atoms with E-state index in [0.717, 1.165) is 19.3 Å². The molecule has 0 aromatic heterocycles. The van der Waals surface area contributed by atoms with E-state index in [1.165, 1.54) is 4.31 Å². The molecule has 5 nitrogen and oxygen atoms in total. The second-order valence-electron chi connectivity index (χ2n) is 5.83. The molecular formula is C11H24N2O3S. The number of hydrogen-bond donors (Lipinski definition) is 2. The van der Waals surface area contributed by atoms with Crippen LogP contribution in [0.1, 0.15) is 40.0 Å². The summed E-state index contributed by atoms with van der Waals surface area (Å²) < 4.78 is 28.2. The summed E-state index contributed by atoms with van der Waals surface area (Å²) in [6, 6.07) is -0.263. The van der Waals surface area contributed by atoms with Crippen LogP contribution >= 0.6 is 0 Å². The summed E-state index contributed by atoms with van der Waals surface area (Å²) in [5, 5.41) is 9.22. The zero-order valence-corrected chi connectivity index (χ0v) is 11.8. The predicted molar refractivity (Wildman–Crippen MR) is 67.8 cm³/mol. The van der Waals surface area contributed by atoms with E-state index in [9.17, 15) is 13.5 Å². The molecule has 0 spiro atoms. The Hall–Kier alpha value is -0.170. The van der Waals surface area contributed by atoms with Crippen molar-refractivity contribution >= 4 is 10.2 Å². The van der Waals surface area contributed by atoms with Crippen LogP contribution < -0.4 is 4.72 Å². The number of aliphatic hydroxyl groups excluding tert-OH is 1. The first-order valence-corrected chi connectivity index (χ1v) is 7.57. The maximum atomic E-state index is 12.1. The van der Waals surface area contributed by atoms with Crippen molar-refractivity contribution < 1.29 is 13.5 Å². The largest absolute Gasteiger partial charge is 0.395 e. The lowest BCUT2D eigenvalue weighted by atomic mass is 9.98. The van der Waals surface area contributed by atoms with Crippen LogP contribution in [0, 0.1) is 5.41 Å². The molecule has 0 aromatic rings. The monoisotopic (exact) mass is 264 g/mol. The molecule has 1 rings (SSSR count). The lowest BCUT2D eigenvalue weighted by molar-refractivity contribution is 0.153. The first-order valence-electron chi connectivity index (χ1n) is 6.13. The lowest BCUT2D eigenvalue weighted by Crippen LogP contribution is -2.51.